The van der Waals surface area contributed by atoms with Crippen LogP contribution in [-0.2, 0) is 6.54 Å². The summed E-state index contributed by atoms with van der Waals surface area (Å²) < 4.78 is 0. The third-order valence-electron chi connectivity index (χ3n) is 4.74. The summed E-state index contributed by atoms with van der Waals surface area (Å²) in [5, 5.41) is 15.1. The highest BCUT2D eigenvalue weighted by Gasteiger charge is 2.21. The molecule has 1 aliphatic carbocycles. The highest BCUT2D eigenvalue weighted by atomic mass is 16.3. The van der Waals surface area contributed by atoms with E-state index >= 15 is 0 Å². The molecule has 0 radical (unpaired) electrons. The van der Waals surface area contributed by atoms with Gasteiger partial charge in [0, 0.05) is 25.7 Å². The van der Waals surface area contributed by atoms with E-state index in [2.05, 4.69) is 46.8 Å². The SMILES string of the molecule is CN(CCCNC(=O)NC1CCC(CO)CC1)Cc1ccccc1. The summed E-state index contributed by atoms with van der Waals surface area (Å²) in [5.74, 6) is 0.422. The van der Waals surface area contributed by atoms with Crippen LogP contribution in [0.25, 0.3) is 0 Å². The molecular formula is C19H31N3O2. The van der Waals surface area contributed by atoms with Crippen LogP contribution < -0.4 is 10.6 Å². The average molecular weight is 333 g/mol. The van der Waals surface area contributed by atoms with Gasteiger partial charge >= 0.3 is 6.03 Å². The summed E-state index contributed by atoms with van der Waals surface area (Å²) in [6.07, 6.45) is 4.89. The first-order valence-corrected chi connectivity index (χ1v) is 9.05. The molecule has 1 fully saturated rings. The number of nitrogens with one attached hydrogen (secondary N) is 2. The molecule has 0 aromatic heterocycles. The van der Waals surface area contributed by atoms with Gasteiger partial charge in [0.2, 0.25) is 0 Å². The van der Waals surface area contributed by atoms with Gasteiger partial charge in [-0.1, -0.05) is 30.3 Å². The zero-order valence-corrected chi connectivity index (χ0v) is 14.7. The molecule has 1 aromatic rings. The van der Waals surface area contributed by atoms with Gasteiger partial charge in [0.1, 0.15) is 0 Å². The smallest absolute Gasteiger partial charge is 0.315 e. The first kappa shape index (κ1) is 18.7. The van der Waals surface area contributed by atoms with Gasteiger partial charge < -0.3 is 20.6 Å². The fourth-order valence-corrected chi connectivity index (χ4v) is 3.25. The van der Waals surface area contributed by atoms with Crippen LogP contribution >= 0.6 is 0 Å². The Morgan fingerprint density at radius 1 is 1.21 bits per heavy atom. The molecule has 0 heterocycles. The Labute approximate surface area is 145 Å². The first-order valence-electron chi connectivity index (χ1n) is 9.05. The minimum absolute atomic E-state index is 0.0619. The molecule has 0 spiro atoms. The fraction of sp³-hybridized carbons (Fsp3) is 0.632. The largest absolute Gasteiger partial charge is 0.396 e. The molecular weight excluding hydrogens is 302 g/mol. The van der Waals surface area contributed by atoms with Gasteiger partial charge in [-0.25, -0.2) is 4.79 Å². The second-order valence-electron chi connectivity index (χ2n) is 6.88. The Morgan fingerprint density at radius 3 is 2.58 bits per heavy atom. The van der Waals surface area contributed by atoms with Crippen molar-refractivity contribution in [2.75, 3.05) is 26.7 Å². The number of carbonyl (C=O) groups is 1. The number of hydrogen-bond acceptors (Lipinski definition) is 3. The summed E-state index contributed by atoms with van der Waals surface area (Å²) in [4.78, 5) is 14.2. The molecule has 5 nitrogen and oxygen atoms in total. The monoisotopic (exact) mass is 333 g/mol. The van der Waals surface area contributed by atoms with Crippen LogP contribution in [0.3, 0.4) is 0 Å². The lowest BCUT2D eigenvalue weighted by Crippen LogP contribution is -2.44. The van der Waals surface area contributed by atoms with Crippen molar-refractivity contribution in [1.82, 2.24) is 15.5 Å². The van der Waals surface area contributed by atoms with Gasteiger partial charge in [0.25, 0.3) is 0 Å². The number of aliphatic hydroxyl groups is 1. The molecule has 24 heavy (non-hydrogen) atoms. The van der Waals surface area contributed by atoms with Gasteiger partial charge in [0.15, 0.2) is 0 Å². The number of hydrogen-bond donors (Lipinski definition) is 3. The number of amides is 2. The highest BCUT2D eigenvalue weighted by Crippen LogP contribution is 2.23. The Kier molecular flexibility index (Phi) is 8.05. The van der Waals surface area contributed by atoms with Crippen molar-refractivity contribution >= 4 is 6.03 Å². The Balaban J connectivity index is 1.53. The van der Waals surface area contributed by atoms with E-state index in [0.29, 0.717) is 12.5 Å². The summed E-state index contributed by atoms with van der Waals surface area (Å²) in [5.41, 5.74) is 1.31. The normalized spacial score (nSPS) is 20.8. The van der Waals surface area contributed by atoms with Crippen molar-refractivity contribution in [3.05, 3.63) is 35.9 Å². The summed E-state index contributed by atoms with van der Waals surface area (Å²) in [7, 11) is 2.10. The molecule has 3 N–H and O–H groups in total. The van der Waals surface area contributed by atoms with Gasteiger partial charge in [-0.2, -0.15) is 0 Å². The first-order chi connectivity index (χ1) is 11.7. The zero-order valence-electron chi connectivity index (χ0n) is 14.7. The molecule has 2 amide bonds. The highest BCUT2D eigenvalue weighted by molar-refractivity contribution is 5.74. The van der Waals surface area contributed by atoms with E-state index in [0.717, 1.165) is 45.2 Å². The zero-order chi connectivity index (χ0) is 17.2. The minimum atomic E-state index is -0.0619. The Bertz CT molecular complexity index is 473. The molecule has 1 aromatic carbocycles. The number of urea groups is 1. The van der Waals surface area contributed by atoms with Crippen molar-refractivity contribution < 1.29 is 9.90 Å². The predicted molar refractivity (Wildman–Crippen MR) is 96.8 cm³/mol. The predicted octanol–water partition coefficient (Wildman–Crippen LogP) is 2.36. The topological polar surface area (TPSA) is 64.6 Å². The molecule has 1 aliphatic rings. The van der Waals surface area contributed by atoms with Crippen LogP contribution in [0.4, 0.5) is 4.79 Å². The molecule has 0 saturated heterocycles. The van der Waals surface area contributed by atoms with Crippen LogP contribution in [0.2, 0.25) is 0 Å². The van der Waals surface area contributed by atoms with Gasteiger partial charge in [-0.15, -0.1) is 0 Å². The second kappa shape index (κ2) is 10.3. The van der Waals surface area contributed by atoms with E-state index in [9.17, 15) is 4.79 Å². The van der Waals surface area contributed by atoms with Crippen molar-refractivity contribution in [3.63, 3.8) is 0 Å². The van der Waals surface area contributed by atoms with Crippen molar-refractivity contribution in [1.29, 1.82) is 0 Å². The standard InChI is InChI=1S/C19H31N3O2/c1-22(14-16-6-3-2-4-7-16)13-5-12-20-19(24)21-18-10-8-17(15-23)9-11-18/h2-4,6-7,17-18,23H,5,8-15H2,1H3,(H2,20,21,24). The average Bonchev–Trinajstić information content (AvgIpc) is 2.60. The molecule has 134 valence electrons. The minimum Gasteiger partial charge on any atom is -0.396 e. The molecule has 0 aliphatic heterocycles. The lowest BCUT2D eigenvalue weighted by molar-refractivity contribution is 0.174. The van der Waals surface area contributed by atoms with E-state index < -0.39 is 0 Å². The molecule has 2 rings (SSSR count). The number of aliphatic hydroxyl groups excluding tert-OH is 1. The van der Waals surface area contributed by atoms with Crippen LogP contribution in [0.15, 0.2) is 30.3 Å². The molecule has 0 unspecified atom stereocenters. The van der Waals surface area contributed by atoms with Crippen molar-refractivity contribution in [2.45, 2.75) is 44.7 Å². The van der Waals surface area contributed by atoms with Gasteiger partial charge in [-0.05, 0) is 57.2 Å². The number of nitrogens with zero attached hydrogens (tertiary/aromatic N) is 1. The van der Waals surface area contributed by atoms with Crippen LogP contribution in [0, 0.1) is 5.92 Å². The van der Waals surface area contributed by atoms with Gasteiger partial charge in [0.05, 0.1) is 0 Å². The fourth-order valence-electron chi connectivity index (χ4n) is 3.25. The number of rotatable bonds is 8. The van der Waals surface area contributed by atoms with E-state index in [1.807, 2.05) is 6.07 Å². The Hall–Kier alpha value is -1.59. The number of carbonyl (C=O) groups excluding carboxylic acids is 1. The van der Waals surface area contributed by atoms with E-state index in [-0.39, 0.29) is 18.7 Å². The van der Waals surface area contributed by atoms with Crippen molar-refractivity contribution in [3.8, 4) is 0 Å². The quantitative estimate of drug-likeness (QED) is 0.640. The van der Waals surface area contributed by atoms with E-state index in [4.69, 9.17) is 5.11 Å². The van der Waals surface area contributed by atoms with E-state index in [1.54, 1.807) is 0 Å². The second-order valence-corrected chi connectivity index (χ2v) is 6.88. The van der Waals surface area contributed by atoms with Crippen LogP contribution in [0.5, 0.6) is 0 Å². The third kappa shape index (κ3) is 6.89. The summed E-state index contributed by atoms with van der Waals surface area (Å²) in [6, 6.07) is 10.6. The van der Waals surface area contributed by atoms with Crippen LogP contribution in [-0.4, -0.2) is 48.8 Å². The molecule has 5 heteroatoms. The lowest BCUT2D eigenvalue weighted by Gasteiger charge is -2.28. The summed E-state index contributed by atoms with van der Waals surface area (Å²) in [6.45, 7) is 2.85. The third-order valence-corrected chi connectivity index (χ3v) is 4.74. The number of benzene rings is 1. The Morgan fingerprint density at radius 2 is 1.92 bits per heavy atom. The van der Waals surface area contributed by atoms with Gasteiger partial charge in [-0.3, -0.25) is 0 Å². The maximum atomic E-state index is 11.9. The maximum Gasteiger partial charge on any atom is 0.315 e. The van der Waals surface area contributed by atoms with Crippen molar-refractivity contribution in [2.24, 2.45) is 5.92 Å². The van der Waals surface area contributed by atoms with E-state index in [1.165, 1.54) is 5.56 Å². The molecule has 1 saturated carbocycles. The van der Waals surface area contributed by atoms with Crippen LogP contribution in [0.1, 0.15) is 37.7 Å². The maximum absolute atomic E-state index is 11.9. The summed E-state index contributed by atoms with van der Waals surface area (Å²) >= 11 is 0. The molecule has 0 bridgehead atoms. The molecule has 0 atom stereocenters. The lowest BCUT2D eigenvalue weighted by atomic mass is 9.87.